The zero-order valence-electron chi connectivity index (χ0n) is 13.0. The fourth-order valence-corrected chi connectivity index (χ4v) is 2.53. The molecule has 2 aromatic rings. The molecule has 0 atom stereocenters. The standard InChI is InChI=1S/C18H18N2O3/c1-11(2)23-15-8-6-14(7-9-15)20-12(3)4-5-13-10-16(18(21)22)19-17(13)20/h4-11,19H,3H2,1-2H3,(H,21,22). The summed E-state index contributed by atoms with van der Waals surface area (Å²) in [5.41, 5.74) is 2.61. The first-order valence-electron chi connectivity index (χ1n) is 7.36. The summed E-state index contributed by atoms with van der Waals surface area (Å²) < 4.78 is 5.65. The highest BCUT2D eigenvalue weighted by Gasteiger charge is 2.22. The fourth-order valence-electron chi connectivity index (χ4n) is 2.53. The van der Waals surface area contributed by atoms with Gasteiger partial charge in [-0.1, -0.05) is 6.58 Å². The van der Waals surface area contributed by atoms with E-state index in [0.29, 0.717) is 5.82 Å². The molecule has 0 fully saturated rings. The number of hydrogen-bond donors (Lipinski definition) is 2. The summed E-state index contributed by atoms with van der Waals surface area (Å²) >= 11 is 0. The number of allylic oxidation sites excluding steroid dienone is 1. The molecule has 0 saturated carbocycles. The monoisotopic (exact) mass is 310 g/mol. The Labute approximate surface area is 134 Å². The van der Waals surface area contributed by atoms with Crippen molar-refractivity contribution in [2.45, 2.75) is 20.0 Å². The summed E-state index contributed by atoms with van der Waals surface area (Å²) in [5, 5.41) is 9.16. The van der Waals surface area contributed by atoms with Crippen LogP contribution in [0, 0.1) is 0 Å². The lowest BCUT2D eigenvalue weighted by molar-refractivity contribution is 0.0691. The van der Waals surface area contributed by atoms with Crippen LogP contribution in [0.15, 0.2) is 48.7 Å². The summed E-state index contributed by atoms with van der Waals surface area (Å²) in [4.78, 5) is 16.0. The van der Waals surface area contributed by atoms with Crippen molar-refractivity contribution >= 4 is 23.6 Å². The third-order valence-electron chi connectivity index (χ3n) is 3.49. The number of H-pyrrole nitrogens is 1. The van der Waals surface area contributed by atoms with E-state index in [9.17, 15) is 4.79 Å². The molecule has 0 saturated heterocycles. The summed E-state index contributed by atoms with van der Waals surface area (Å²) in [5.74, 6) is 0.506. The maximum Gasteiger partial charge on any atom is 0.352 e. The normalized spacial score (nSPS) is 13.3. The van der Waals surface area contributed by atoms with Gasteiger partial charge < -0.3 is 14.8 Å². The largest absolute Gasteiger partial charge is 0.491 e. The van der Waals surface area contributed by atoms with Crippen molar-refractivity contribution < 1.29 is 14.6 Å². The molecule has 2 heterocycles. The first kappa shape index (κ1) is 15.0. The molecule has 0 amide bonds. The molecule has 1 aromatic carbocycles. The third-order valence-corrected chi connectivity index (χ3v) is 3.49. The first-order chi connectivity index (χ1) is 11.0. The lowest BCUT2D eigenvalue weighted by Gasteiger charge is -2.27. The molecule has 0 radical (unpaired) electrons. The van der Waals surface area contributed by atoms with Gasteiger partial charge in [-0.25, -0.2) is 4.79 Å². The number of carboxylic acids is 1. The Morgan fingerprint density at radius 3 is 2.57 bits per heavy atom. The van der Waals surface area contributed by atoms with Gasteiger partial charge in [0, 0.05) is 16.9 Å². The van der Waals surface area contributed by atoms with Crippen LogP contribution in [0.2, 0.25) is 0 Å². The number of anilines is 2. The van der Waals surface area contributed by atoms with Crippen LogP contribution in [-0.2, 0) is 0 Å². The molecule has 0 aliphatic carbocycles. The van der Waals surface area contributed by atoms with Gasteiger partial charge in [-0.05, 0) is 56.3 Å². The number of hydrogen-bond acceptors (Lipinski definition) is 3. The molecule has 5 heteroatoms. The number of rotatable bonds is 4. The van der Waals surface area contributed by atoms with Crippen LogP contribution < -0.4 is 9.64 Å². The van der Waals surface area contributed by atoms with E-state index in [2.05, 4.69) is 11.6 Å². The summed E-state index contributed by atoms with van der Waals surface area (Å²) in [6, 6.07) is 9.24. The molecule has 0 unspecified atom stereocenters. The molecule has 1 aromatic heterocycles. The van der Waals surface area contributed by atoms with Gasteiger partial charge >= 0.3 is 5.97 Å². The van der Waals surface area contributed by atoms with Crippen LogP contribution in [0.25, 0.3) is 6.08 Å². The molecule has 1 aliphatic heterocycles. The average Bonchev–Trinajstić information content (AvgIpc) is 2.92. The number of nitrogens with one attached hydrogen (secondary N) is 1. The Balaban J connectivity index is 1.97. The molecule has 1 aliphatic rings. The SMILES string of the molecule is C=C1C=Cc2cc(C(=O)O)[nH]c2N1c1ccc(OC(C)C)cc1. The minimum absolute atomic E-state index is 0.113. The second-order valence-electron chi connectivity index (χ2n) is 5.61. The zero-order valence-corrected chi connectivity index (χ0v) is 13.0. The Hall–Kier alpha value is -2.95. The molecule has 5 nitrogen and oxygen atoms in total. The number of ether oxygens (including phenoxy) is 1. The number of nitrogens with zero attached hydrogens (tertiary/aromatic N) is 1. The second kappa shape index (κ2) is 5.68. The molecule has 118 valence electrons. The molecule has 0 bridgehead atoms. The summed E-state index contributed by atoms with van der Waals surface area (Å²) in [6.07, 6.45) is 3.83. The lowest BCUT2D eigenvalue weighted by atomic mass is 10.1. The predicted molar refractivity (Wildman–Crippen MR) is 90.3 cm³/mol. The molecule has 23 heavy (non-hydrogen) atoms. The number of aromatic carboxylic acids is 1. The molecule has 2 N–H and O–H groups in total. The van der Waals surface area contributed by atoms with Crippen molar-refractivity contribution in [2.24, 2.45) is 0 Å². The van der Waals surface area contributed by atoms with E-state index in [0.717, 1.165) is 22.7 Å². The Kier molecular flexibility index (Phi) is 3.70. The molecule has 0 spiro atoms. The van der Waals surface area contributed by atoms with Crippen molar-refractivity contribution in [1.29, 1.82) is 0 Å². The van der Waals surface area contributed by atoms with E-state index in [1.165, 1.54) is 0 Å². The first-order valence-corrected chi connectivity index (χ1v) is 7.36. The van der Waals surface area contributed by atoms with E-state index in [1.54, 1.807) is 6.07 Å². The topological polar surface area (TPSA) is 65.6 Å². The average molecular weight is 310 g/mol. The maximum absolute atomic E-state index is 11.2. The van der Waals surface area contributed by atoms with E-state index in [4.69, 9.17) is 9.84 Å². The van der Waals surface area contributed by atoms with E-state index < -0.39 is 5.97 Å². The van der Waals surface area contributed by atoms with Gasteiger partial charge in [0.1, 0.15) is 17.3 Å². The van der Waals surface area contributed by atoms with Crippen LogP contribution >= 0.6 is 0 Å². The van der Waals surface area contributed by atoms with Crippen molar-refractivity contribution in [3.8, 4) is 5.75 Å². The van der Waals surface area contributed by atoms with Gasteiger partial charge in [0.2, 0.25) is 0 Å². The quantitative estimate of drug-likeness (QED) is 0.889. The van der Waals surface area contributed by atoms with Crippen molar-refractivity contribution in [3.63, 3.8) is 0 Å². The number of benzene rings is 1. The fraction of sp³-hybridized carbons (Fsp3) is 0.167. The highest BCUT2D eigenvalue weighted by Crippen LogP contribution is 2.37. The predicted octanol–water partition coefficient (Wildman–Crippen LogP) is 4.18. The van der Waals surface area contributed by atoms with Crippen LogP contribution in [0.3, 0.4) is 0 Å². The van der Waals surface area contributed by atoms with Crippen molar-refractivity contribution in [3.05, 3.63) is 59.9 Å². The number of fused-ring (bicyclic) bond motifs is 1. The van der Waals surface area contributed by atoms with Gasteiger partial charge in [-0.2, -0.15) is 0 Å². The number of carboxylic acid groups (broad SMARTS) is 1. The highest BCUT2D eigenvalue weighted by molar-refractivity contribution is 5.91. The number of aromatic amines is 1. The van der Waals surface area contributed by atoms with Crippen LogP contribution in [0.4, 0.5) is 11.5 Å². The summed E-state index contributed by atoms with van der Waals surface area (Å²) in [7, 11) is 0. The Morgan fingerprint density at radius 2 is 1.96 bits per heavy atom. The van der Waals surface area contributed by atoms with Gasteiger partial charge in [0.15, 0.2) is 0 Å². The Morgan fingerprint density at radius 1 is 1.26 bits per heavy atom. The molecule has 3 rings (SSSR count). The van der Waals surface area contributed by atoms with Crippen molar-refractivity contribution in [1.82, 2.24) is 4.98 Å². The minimum Gasteiger partial charge on any atom is -0.491 e. The van der Waals surface area contributed by atoms with E-state index >= 15 is 0 Å². The molecular weight excluding hydrogens is 292 g/mol. The zero-order chi connectivity index (χ0) is 16.6. The Bertz CT molecular complexity index is 785. The van der Waals surface area contributed by atoms with Crippen molar-refractivity contribution in [2.75, 3.05) is 4.90 Å². The van der Waals surface area contributed by atoms with Crippen LogP contribution in [0.1, 0.15) is 29.9 Å². The second-order valence-corrected chi connectivity index (χ2v) is 5.61. The van der Waals surface area contributed by atoms with Gasteiger partial charge in [0.05, 0.1) is 6.10 Å². The van der Waals surface area contributed by atoms with Crippen LogP contribution in [-0.4, -0.2) is 22.2 Å². The van der Waals surface area contributed by atoms with Gasteiger partial charge in [-0.3, -0.25) is 4.90 Å². The smallest absolute Gasteiger partial charge is 0.352 e. The van der Waals surface area contributed by atoms with Crippen LogP contribution in [0.5, 0.6) is 5.75 Å². The maximum atomic E-state index is 11.2. The van der Waals surface area contributed by atoms with Gasteiger partial charge in [0.25, 0.3) is 0 Å². The minimum atomic E-state index is -0.987. The molecular formula is C18H18N2O3. The highest BCUT2D eigenvalue weighted by atomic mass is 16.5. The number of carbonyl (C=O) groups is 1. The summed E-state index contributed by atoms with van der Waals surface area (Å²) in [6.45, 7) is 7.99. The van der Waals surface area contributed by atoms with Gasteiger partial charge in [-0.15, -0.1) is 0 Å². The van der Waals surface area contributed by atoms with E-state index in [1.807, 2.05) is 55.2 Å². The lowest BCUT2D eigenvalue weighted by Crippen LogP contribution is -2.18. The third kappa shape index (κ3) is 2.85. The number of aromatic nitrogens is 1. The van der Waals surface area contributed by atoms with E-state index in [-0.39, 0.29) is 11.8 Å².